The molecular formula is C7H6N2O2. The summed E-state index contributed by atoms with van der Waals surface area (Å²) >= 11 is 0. The van der Waals surface area contributed by atoms with E-state index in [0.717, 1.165) is 0 Å². The Hall–Kier alpha value is -1.58. The quantitative estimate of drug-likeness (QED) is 0.477. The summed E-state index contributed by atoms with van der Waals surface area (Å²) in [5, 5.41) is 2.48. The van der Waals surface area contributed by atoms with Crippen LogP contribution in [0.3, 0.4) is 0 Å². The summed E-state index contributed by atoms with van der Waals surface area (Å²) in [5.74, 6) is -0.298. The van der Waals surface area contributed by atoms with Gasteiger partial charge in [0.1, 0.15) is 6.54 Å². The SMILES string of the molecule is O=NCC(=O)c1cccnc1. The van der Waals surface area contributed by atoms with Crippen molar-refractivity contribution in [2.45, 2.75) is 0 Å². The summed E-state index contributed by atoms with van der Waals surface area (Å²) in [6.45, 7) is -0.314. The molecule has 0 aromatic carbocycles. The fourth-order valence-electron chi connectivity index (χ4n) is 0.678. The summed E-state index contributed by atoms with van der Waals surface area (Å²) in [4.78, 5) is 24.3. The first-order valence-electron chi connectivity index (χ1n) is 3.07. The van der Waals surface area contributed by atoms with Crippen LogP contribution in [0.5, 0.6) is 0 Å². The van der Waals surface area contributed by atoms with Crippen LogP contribution in [0.15, 0.2) is 29.7 Å². The minimum atomic E-state index is -0.314. The second kappa shape index (κ2) is 3.55. The smallest absolute Gasteiger partial charge is 0.189 e. The average Bonchev–Trinajstić information content (AvgIpc) is 2.07. The van der Waals surface area contributed by atoms with Gasteiger partial charge in [-0.05, 0) is 12.1 Å². The normalized spacial score (nSPS) is 9.09. The first kappa shape index (κ1) is 7.53. The van der Waals surface area contributed by atoms with Crippen molar-refractivity contribution in [3.05, 3.63) is 35.0 Å². The second-order valence-corrected chi connectivity index (χ2v) is 1.95. The van der Waals surface area contributed by atoms with Gasteiger partial charge >= 0.3 is 0 Å². The molecule has 0 bridgehead atoms. The molecule has 0 saturated heterocycles. The van der Waals surface area contributed by atoms with E-state index in [1.54, 1.807) is 18.3 Å². The maximum atomic E-state index is 10.9. The topological polar surface area (TPSA) is 59.4 Å². The van der Waals surface area contributed by atoms with Crippen LogP contribution in [0.25, 0.3) is 0 Å². The molecule has 1 rings (SSSR count). The molecule has 56 valence electrons. The Morgan fingerprint density at radius 3 is 3.00 bits per heavy atom. The van der Waals surface area contributed by atoms with E-state index >= 15 is 0 Å². The van der Waals surface area contributed by atoms with Crippen molar-refractivity contribution < 1.29 is 4.79 Å². The van der Waals surface area contributed by atoms with Gasteiger partial charge < -0.3 is 0 Å². The van der Waals surface area contributed by atoms with Crippen molar-refractivity contribution in [3.63, 3.8) is 0 Å². The number of pyridine rings is 1. The molecule has 4 heteroatoms. The molecule has 1 aromatic heterocycles. The predicted molar refractivity (Wildman–Crippen MR) is 39.2 cm³/mol. The molecule has 0 amide bonds. The van der Waals surface area contributed by atoms with E-state index in [0.29, 0.717) is 5.56 Å². The third-order valence-corrected chi connectivity index (χ3v) is 1.19. The van der Waals surface area contributed by atoms with Crippen molar-refractivity contribution in [1.29, 1.82) is 0 Å². The van der Waals surface area contributed by atoms with E-state index in [-0.39, 0.29) is 12.3 Å². The van der Waals surface area contributed by atoms with E-state index in [4.69, 9.17) is 0 Å². The van der Waals surface area contributed by atoms with Crippen molar-refractivity contribution in [2.24, 2.45) is 5.18 Å². The number of rotatable bonds is 3. The number of ketones is 1. The van der Waals surface area contributed by atoms with Crippen molar-refractivity contribution in [2.75, 3.05) is 6.54 Å². The van der Waals surface area contributed by atoms with E-state index in [1.165, 1.54) is 6.20 Å². The number of carbonyl (C=O) groups excluding carboxylic acids is 1. The minimum absolute atomic E-state index is 0.298. The molecule has 0 N–H and O–H groups in total. The maximum absolute atomic E-state index is 10.9. The number of hydrogen-bond donors (Lipinski definition) is 0. The molecule has 0 unspecified atom stereocenters. The molecule has 0 aliphatic heterocycles. The molecule has 0 spiro atoms. The highest BCUT2D eigenvalue weighted by Gasteiger charge is 2.03. The fourth-order valence-corrected chi connectivity index (χ4v) is 0.678. The Balaban J connectivity index is 2.77. The summed E-state index contributed by atoms with van der Waals surface area (Å²) in [7, 11) is 0. The number of carbonyl (C=O) groups is 1. The average molecular weight is 150 g/mol. The van der Waals surface area contributed by atoms with Crippen LogP contribution >= 0.6 is 0 Å². The highest BCUT2D eigenvalue weighted by Crippen LogP contribution is 1.96. The van der Waals surface area contributed by atoms with E-state index in [1.807, 2.05) is 0 Å². The largest absolute Gasteiger partial charge is 0.292 e. The Bertz CT molecular complexity index is 258. The van der Waals surface area contributed by atoms with E-state index < -0.39 is 0 Å². The van der Waals surface area contributed by atoms with Gasteiger partial charge in [0.15, 0.2) is 5.78 Å². The van der Waals surface area contributed by atoms with Crippen LogP contribution in [0.4, 0.5) is 0 Å². The monoisotopic (exact) mass is 150 g/mol. The summed E-state index contributed by atoms with van der Waals surface area (Å²) in [6.07, 6.45) is 2.97. The lowest BCUT2D eigenvalue weighted by Crippen LogP contribution is -2.02. The van der Waals surface area contributed by atoms with E-state index in [2.05, 4.69) is 10.2 Å². The van der Waals surface area contributed by atoms with Crippen LogP contribution in [-0.4, -0.2) is 17.3 Å². The number of nitroso groups, excluding NO2 is 1. The van der Waals surface area contributed by atoms with Gasteiger partial charge in [-0.15, -0.1) is 0 Å². The lowest BCUT2D eigenvalue weighted by Gasteiger charge is -1.91. The van der Waals surface area contributed by atoms with E-state index in [9.17, 15) is 9.70 Å². The predicted octanol–water partition coefficient (Wildman–Crippen LogP) is 1.03. The molecule has 11 heavy (non-hydrogen) atoms. The number of hydrogen-bond acceptors (Lipinski definition) is 4. The van der Waals surface area contributed by atoms with Crippen molar-refractivity contribution in [3.8, 4) is 0 Å². The Morgan fingerprint density at radius 1 is 1.64 bits per heavy atom. The Kier molecular flexibility index (Phi) is 2.43. The van der Waals surface area contributed by atoms with Crippen LogP contribution < -0.4 is 0 Å². The standard InChI is InChI=1S/C7H6N2O2/c10-7(5-9-11)6-2-1-3-8-4-6/h1-4H,5H2. The number of nitrogens with zero attached hydrogens (tertiary/aromatic N) is 2. The first-order valence-corrected chi connectivity index (χ1v) is 3.07. The zero-order valence-corrected chi connectivity index (χ0v) is 5.73. The highest BCUT2D eigenvalue weighted by molar-refractivity contribution is 5.97. The number of aromatic nitrogens is 1. The third-order valence-electron chi connectivity index (χ3n) is 1.19. The minimum Gasteiger partial charge on any atom is -0.292 e. The molecule has 0 fully saturated rings. The maximum Gasteiger partial charge on any atom is 0.189 e. The van der Waals surface area contributed by atoms with Gasteiger partial charge in [-0.1, -0.05) is 5.18 Å². The molecule has 0 aliphatic carbocycles. The van der Waals surface area contributed by atoms with Gasteiger partial charge in [0.25, 0.3) is 0 Å². The van der Waals surface area contributed by atoms with Crippen LogP contribution in [0, 0.1) is 4.91 Å². The highest BCUT2D eigenvalue weighted by atomic mass is 16.3. The molecule has 0 aliphatic rings. The van der Waals surface area contributed by atoms with Crippen molar-refractivity contribution >= 4 is 5.78 Å². The molecular weight excluding hydrogens is 144 g/mol. The molecule has 0 saturated carbocycles. The molecule has 0 atom stereocenters. The molecule has 1 aromatic rings. The van der Waals surface area contributed by atoms with Crippen LogP contribution in [0.1, 0.15) is 10.4 Å². The van der Waals surface area contributed by atoms with Gasteiger partial charge in [0.05, 0.1) is 0 Å². The van der Waals surface area contributed by atoms with Crippen LogP contribution in [0.2, 0.25) is 0 Å². The molecule has 4 nitrogen and oxygen atoms in total. The first-order chi connectivity index (χ1) is 5.34. The van der Waals surface area contributed by atoms with Gasteiger partial charge in [0, 0.05) is 18.0 Å². The van der Waals surface area contributed by atoms with Gasteiger partial charge in [0.2, 0.25) is 0 Å². The Morgan fingerprint density at radius 2 is 2.45 bits per heavy atom. The van der Waals surface area contributed by atoms with Crippen molar-refractivity contribution in [1.82, 2.24) is 4.98 Å². The lowest BCUT2D eigenvalue weighted by molar-refractivity contribution is 0.100. The summed E-state index contributed by atoms with van der Waals surface area (Å²) in [6, 6.07) is 3.23. The zero-order chi connectivity index (χ0) is 8.10. The number of Topliss-reactive ketones (excluding diaryl/α,β-unsaturated/α-hetero) is 1. The third kappa shape index (κ3) is 1.93. The summed E-state index contributed by atoms with van der Waals surface area (Å²) in [5.41, 5.74) is 0.423. The Labute approximate surface area is 63.2 Å². The molecule has 1 heterocycles. The summed E-state index contributed by atoms with van der Waals surface area (Å²) < 4.78 is 0. The van der Waals surface area contributed by atoms with Gasteiger partial charge in [-0.2, -0.15) is 4.91 Å². The zero-order valence-electron chi connectivity index (χ0n) is 5.73. The molecule has 0 radical (unpaired) electrons. The van der Waals surface area contributed by atoms with Gasteiger partial charge in [-0.25, -0.2) is 0 Å². The van der Waals surface area contributed by atoms with Crippen LogP contribution in [-0.2, 0) is 0 Å². The lowest BCUT2D eigenvalue weighted by atomic mass is 10.2. The van der Waals surface area contributed by atoms with Gasteiger partial charge in [-0.3, -0.25) is 9.78 Å². The second-order valence-electron chi connectivity index (χ2n) is 1.95. The fraction of sp³-hybridized carbons (Fsp3) is 0.143.